The van der Waals surface area contributed by atoms with E-state index in [0.29, 0.717) is 0 Å². The Morgan fingerprint density at radius 2 is 2.25 bits per heavy atom. The molecule has 0 saturated carbocycles. The van der Waals surface area contributed by atoms with E-state index in [1.54, 1.807) is 24.4 Å². The minimum Gasteiger partial charge on any atom is -0.385 e. The second kappa shape index (κ2) is 6.85. The van der Waals surface area contributed by atoms with E-state index in [4.69, 9.17) is 0 Å². The smallest absolute Gasteiger partial charge is 0.272 e. The molecule has 1 N–H and O–H groups in total. The first kappa shape index (κ1) is 14.3. The lowest BCUT2D eigenvalue weighted by Gasteiger charge is -2.07. The van der Waals surface area contributed by atoms with Crippen LogP contribution in [0.2, 0.25) is 0 Å². The van der Waals surface area contributed by atoms with Crippen molar-refractivity contribution in [1.29, 1.82) is 0 Å². The number of hydrogen-bond acceptors (Lipinski definition) is 6. The molecule has 20 heavy (non-hydrogen) atoms. The molecule has 2 rings (SSSR count). The highest BCUT2D eigenvalue weighted by molar-refractivity contribution is 7.99. The van der Waals surface area contributed by atoms with Crippen LogP contribution in [0.1, 0.15) is 13.3 Å². The van der Waals surface area contributed by atoms with Crippen molar-refractivity contribution < 1.29 is 4.92 Å². The van der Waals surface area contributed by atoms with E-state index >= 15 is 0 Å². The average molecular weight is 290 g/mol. The molecule has 0 atom stereocenters. The van der Waals surface area contributed by atoms with Gasteiger partial charge in [0.05, 0.1) is 4.92 Å². The summed E-state index contributed by atoms with van der Waals surface area (Å²) in [6, 6.07) is 6.74. The van der Waals surface area contributed by atoms with Crippen LogP contribution < -0.4 is 5.32 Å². The number of nitro benzene ring substituents is 1. The monoisotopic (exact) mass is 290 g/mol. The molecule has 0 amide bonds. The normalized spacial score (nSPS) is 10.2. The van der Waals surface area contributed by atoms with Crippen LogP contribution in [0.4, 0.5) is 11.4 Å². The first-order valence-corrected chi connectivity index (χ1v) is 6.98. The van der Waals surface area contributed by atoms with Gasteiger partial charge in [-0.1, -0.05) is 18.7 Å². The quantitative estimate of drug-likeness (QED) is 0.499. The number of nitrogens with zero attached hydrogens (tertiary/aromatic N) is 3. The highest BCUT2D eigenvalue weighted by Crippen LogP contribution is 2.31. The number of benzene rings is 1. The van der Waals surface area contributed by atoms with Crippen molar-refractivity contribution in [3.05, 3.63) is 46.9 Å². The molecule has 0 radical (unpaired) electrons. The molecule has 0 aliphatic carbocycles. The highest BCUT2D eigenvalue weighted by atomic mass is 32.2. The second-order valence-electron chi connectivity index (χ2n) is 4.05. The van der Waals surface area contributed by atoms with Gasteiger partial charge in [-0.05, 0) is 18.6 Å². The Hall–Kier alpha value is -2.15. The van der Waals surface area contributed by atoms with Crippen molar-refractivity contribution in [2.24, 2.45) is 0 Å². The lowest BCUT2D eigenvalue weighted by molar-refractivity contribution is -0.385. The lowest BCUT2D eigenvalue weighted by atomic mass is 10.2. The van der Waals surface area contributed by atoms with Crippen molar-refractivity contribution in [3.63, 3.8) is 0 Å². The Morgan fingerprint density at radius 3 is 2.90 bits per heavy atom. The predicted molar refractivity (Wildman–Crippen MR) is 78.0 cm³/mol. The van der Waals surface area contributed by atoms with Crippen LogP contribution in [0.3, 0.4) is 0 Å². The summed E-state index contributed by atoms with van der Waals surface area (Å²) in [7, 11) is 0. The molecule has 7 heteroatoms. The molecular formula is C13H14N4O2S. The number of aromatic nitrogens is 2. The van der Waals surface area contributed by atoms with Gasteiger partial charge in [-0.25, -0.2) is 9.97 Å². The largest absolute Gasteiger partial charge is 0.385 e. The van der Waals surface area contributed by atoms with E-state index < -0.39 is 0 Å². The standard InChI is InChI=1S/C13H14N4O2S/c1-2-4-15-10-6-11(17(18)19)8-12(7-10)20-13-3-5-14-9-16-13/h3,5-9,15H,2,4H2,1H3. The van der Waals surface area contributed by atoms with Gasteiger partial charge in [0.15, 0.2) is 0 Å². The van der Waals surface area contributed by atoms with Crippen molar-refractivity contribution in [2.75, 3.05) is 11.9 Å². The van der Waals surface area contributed by atoms with Crippen LogP contribution >= 0.6 is 11.8 Å². The Labute approximate surface area is 120 Å². The number of non-ortho nitro benzene ring substituents is 1. The Balaban J connectivity index is 2.26. The molecule has 2 aromatic rings. The predicted octanol–water partition coefficient (Wildman–Crippen LogP) is 3.36. The number of nitrogens with one attached hydrogen (secondary N) is 1. The van der Waals surface area contributed by atoms with Crippen LogP contribution in [-0.4, -0.2) is 21.4 Å². The van der Waals surface area contributed by atoms with Crippen LogP contribution in [0.25, 0.3) is 0 Å². The zero-order valence-corrected chi connectivity index (χ0v) is 11.8. The molecule has 0 aliphatic heterocycles. The van der Waals surface area contributed by atoms with E-state index in [9.17, 15) is 10.1 Å². The third kappa shape index (κ3) is 3.92. The van der Waals surface area contributed by atoms with E-state index in [-0.39, 0.29) is 10.6 Å². The Bertz CT molecular complexity index is 592. The van der Waals surface area contributed by atoms with Crippen molar-refractivity contribution >= 4 is 23.1 Å². The molecule has 0 unspecified atom stereocenters. The van der Waals surface area contributed by atoms with Gasteiger partial charge in [-0.3, -0.25) is 10.1 Å². The van der Waals surface area contributed by atoms with E-state index in [1.165, 1.54) is 18.1 Å². The van der Waals surface area contributed by atoms with Gasteiger partial charge in [0.1, 0.15) is 11.4 Å². The molecule has 104 valence electrons. The zero-order chi connectivity index (χ0) is 14.4. The fourth-order valence-corrected chi connectivity index (χ4v) is 2.41. The summed E-state index contributed by atoms with van der Waals surface area (Å²) in [4.78, 5) is 19.3. The maximum absolute atomic E-state index is 11.0. The summed E-state index contributed by atoms with van der Waals surface area (Å²) in [5.74, 6) is 0. The first-order valence-electron chi connectivity index (χ1n) is 6.16. The van der Waals surface area contributed by atoms with Crippen LogP contribution in [0.5, 0.6) is 0 Å². The average Bonchev–Trinajstić information content (AvgIpc) is 2.46. The van der Waals surface area contributed by atoms with Gasteiger partial charge in [-0.15, -0.1) is 0 Å². The zero-order valence-electron chi connectivity index (χ0n) is 10.9. The number of rotatable bonds is 6. The first-order chi connectivity index (χ1) is 9.69. The minimum absolute atomic E-state index is 0.0719. The highest BCUT2D eigenvalue weighted by Gasteiger charge is 2.11. The summed E-state index contributed by atoms with van der Waals surface area (Å²) in [6.45, 7) is 2.82. The SMILES string of the molecule is CCCNc1cc(Sc2ccncn2)cc([N+](=O)[O-])c1. The third-order valence-electron chi connectivity index (χ3n) is 2.46. The molecule has 0 bridgehead atoms. The Morgan fingerprint density at radius 1 is 1.40 bits per heavy atom. The molecule has 0 spiro atoms. The molecule has 0 aliphatic rings. The molecule has 1 aromatic heterocycles. The third-order valence-corrected chi connectivity index (χ3v) is 3.38. The summed E-state index contributed by atoms with van der Waals surface area (Å²) < 4.78 is 0. The van der Waals surface area contributed by atoms with E-state index in [1.807, 2.05) is 13.0 Å². The maximum Gasteiger partial charge on any atom is 0.272 e. The van der Waals surface area contributed by atoms with Crippen molar-refractivity contribution in [2.45, 2.75) is 23.3 Å². The molecule has 0 fully saturated rings. The maximum atomic E-state index is 11.0. The fourth-order valence-electron chi connectivity index (χ4n) is 1.58. The molecular weight excluding hydrogens is 276 g/mol. The number of anilines is 1. The van der Waals surface area contributed by atoms with Crippen LogP contribution in [0.15, 0.2) is 46.7 Å². The summed E-state index contributed by atoms with van der Waals surface area (Å²) in [5.41, 5.74) is 0.820. The molecule has 1 aromatic carbocycles. The topological polar surface area (TPSA) is 81.0 Å². The number of hydrogen-bond donors (Lipinski definition) is 1. The van der Waals surface area contributed by atoms with Crippen molar-refractivity contribution in [1.82, 2.24) is 9.97 Å². The van der Waals surface area contributed by atoms with Gasteiger partial charge in [0.25, 0.3) is 5.69 Å². The van der Waals surface area contributed by atoms with Gasteiger partial charge in [-0.2, -0.15) is 0 Å². The van der Waals surface area contributed by atoms with Crippen LogP contribution in [-0.2, 0) is 0 Å². The van der Waals surface area contributed by atoms with Gasteiger partial charge < -0.3 is 5.32 Å². The fraction of sp³-hybridized carbons (Fsp3) is 0.231. The van der Waals surface area contributed by atoms with Crippen molar-refractivity contribution in [3.8, 4) is 0 Å². The summed E-state index contributed by atoms with van der Waals surface area (Å²) in [5, 5.41) is 14.9. The summed E-state index contributed by atoms with van der Waals surface area (Å²) in [6.07, 6.45) is 4.05. The second-order valence-corrected chi connectivity index (χ2v) is 5.14. The number of nitro groups is 1. The van der Waals surface area contributed by atoms with E-state index in [2.05, 4.69) is 15.3 Å². The van der Waals surface area contributed by atoms with Gasteiger partial charge in [0, 0.05) is 35.5 Å². The molecule has 0 saturated heterocycles. The Kier molecular flexibility index (Phi) is 4.89. The van der Waals surface area contributed by atoms with Crippen LogP contribution in [0, 0.1) is 10.1 Å². The van der Waals surface area contributed by atoms with Gasteiger partial charge in [0.2, 0.25) is 0 Å². The lowest BCUT2D eigenvalue weighted by Crippen LogP contribution is -2.00. The van der Waals surface area contributed by atoms with Gasteiger partial charge >= 0.3 is 0 Å². The van der Waals surface area contributed by atoms with E-state index in [0.717, 1.165) is 28.6 Å². The summed E-state index contributed by atoms with van der Waals surface area (Å²) >= 11 is 1.37. The molecule has 1 heterocycles. The minimum atomic E-state index is -0.388. The molecule has 6 nitrogen and oxygen atoms in total.